The summed E-state index contributed by atoms with van der Waals surface area (Å²) in [6.07, 6.45) is 0. The van der Waals surface area contributed by atoms with Crippen LogP contribution in [0.5, 0.6) is 0 Å². The number of likely N-dealkylation sites (N-methyl/N-ethyl adjacent to an activating group) is 1. The fourth-order valence-electron chi connectivity index (χ4n) is 2.21. The molecule has 0 aliphatic heterocycles. The van der Waals surface area contributed by atoms with E-state index in [0.717, 1.165) is 0 Å². The highest BCUT2D eigenvalue weighted by atomic mass is 32.1. The van der Waals surface area contributed by atoms with Crippen LogP contribution in [-0.4, -0.2) is 18.5 Å². The van der Waals surface area contributed by atoms with Gasteiger partial charge in [-0.2, -0.15) is 0 Å². The average molecular weight is 289 g/mol. The van der Waals surface area contributed by atoms with E-state index in [0.29, 0.717) is 6.54 Å². The van der Waals surface area contributed by atoms with Crippen molar-refractivity contribution in [3.8, 4) is 0 Å². The zero-order valence-corrected chi connectivity index (χ0v) is 12.7. The van der Waals surface area contributed by atoms with Crippen LogP contribution in [0.3, 0.4) is 0 Å². The summed E-state index contributed by atoms with van der Waals surface area (Å²) < 4.78 is 0. The van der Waals surface area contributed by atoms with Crippen molar-refractivity contribution in [2.45, 2.75) is 25.9 Å². The van der Waals surface area contributed by atoms with Crippen LogP contribution >= 0.6 is 11.3 Å². The summed E-state index contributed by atoms with van der Waals surface area (Å²) in [4.78, 5) is 13.2. The van der Waals surface area contributed by atoms with Gasteiger partial charge in [0.1, 0.15) is 6.04 Å². The van der Waals surface area contributed by atoms with E-state index in [1.165, 1.54) is 10.4 Å². The Bertz CT molecular complexity index is 525. The average Bonchev–Trinajstić information content (AvgIpc) is 2.99. The first-order valence-electron chi connectivity index (χ1n) is 6.93. The van der Waals surface area contributed by atoms with Gasteiger partial charge in [-0.15, -0.1) is 11.3 Å². The zero-order valence-electron chi connectivity index (χ0n) is 11.9. The van der Waals surface area contributed by atoms with E-state index < -0.39 is 0 Å². The molecule has 0 saturated heterocycles. The highest BCUT2D eigenvalue weighted by Crippen LogP contribution is 2.22. The van der Waals surface area contributed by atoms with Crippen LogP contribution in [0.4, 0.5) is 0 Å². The first-order chi connectivity index (χ1) is 9.72. The molecule has 0 aliphatic carbocycles. The number of benzene rings is 1. The zero-order chi connectivity index (χ0) is 14.4. The summed E-state index contributed by atoms with van der Waals surface area (Å²) in [6.45, 7) is 4.57. The number of nitrogens with one attached hydrogen (secondary N) is 1. The second-order valence-corrected chi connectivity index (χ2v) is 5.76. The Morgan fingerprint density at radius 3 is 2.60 bits per heavy atom. The summed E-state index contributed by atoms with van der Waals surface area (Å²) in [7, 11) is 0. The van der Waals surface area contributed by atoms with Crippen molar-refractivity contribution >= 4 is 17.2 Å². The Labute approximate surface area is 124 Å². The molecule has 2 rings (SSSR count). The number of carbonyl (C=O) groups is 1. The van der Waals surface area contributed by atoms with E-state index >= 15 is 0 Å². The van der Waals surface area contributed by atoms with Crippen molar-refractivity contribution in [3.63, 3.8) is 0 Å². The highest BCUT2D eigenvalue weighted by Gasteiger charge is 2.24. The second-order valence-electron chi connectivity index (χ2n) is 4.78. The molecule has 0 fully saturated rings. The molecule has 20 heavy (non-hydrogen) atoms. The van der Waals surface area contributed by atoms with Crippen molar-refractivity contribution in [3.05, 3.63) is 58.3 Å². The monoisotopic (exact) mass is 289 g/mol. The molecule has 1 heterocycles. The van der Waals surface area contributed by atoms with Gasteiger partial charge in [-0.05, 0) is 25.3 Å². The fourth-order valence-corrected chi connectivity index (χ4v) is 3.04. The first-order valence-corrected chi connectivity index (χ1v) is 7.81. The molecule has 0 saturated carbocycles. The number of carbonyl (C=O) groups excluding carboxylic acids is 1. The molecule has 2 atom stereocenters. The topological polar surface area (TPSA) is 45.7 Å². The van der Waals surface area contributed by atoms with Gasteiger partial charge in [-0.3, -0.25) is 4.79 Å². The van der Waals surface area contributed by atoms with Crippen LogP contribution in [0.25, 0.3) is 0 Å². The molecule has 4 heteroatoms. The number of rotatable bonds is 6. The molecule has 106 valence electrons. The lowest BCUT2D eigenvalue weighted by atomic mass is 10.0. The molecule has 0 bridgehead atoms. The Morgan fingerprint density at radius 2 is 2.00 bits per heavy atom. The third-order valence-corrected chi connectivity index (χ3v) is 4.21. The van der Waals surface area contributed by atoms with Gasteiger partial charge in [0.05, 0.1) is 4.88 Å². The minimum Gasteiger partial charge on any atom is -0.351 e. The van der Waals surface area contributed by atoms with Crippen LogP contribution in [0.1, 0.15) is 30.3 Å². The largest absolute Gasteiger partial charge is 0.351 e. The van der Waals surface area contributed by atoms with Crippen molar-refractivity contribution < 1.29 is 10.1 Å². The van der Waals surface area contributed by atoms with E-state index in [-0.39, 0.29) is 18.0 Å². The Morgan fingerprint density at radius 1 is 1.25 bits per heavy atom. The highest BCUT2D eigenvalue weighted by molar-refractivity contribution is 7.10. The molecule has 3 N–H and O–H groups in total. The van der Waals surface area contributed by atoms with Crippen molar-refractivity contribution in [1.29, 1.82) is 0 Å². The Kier molecular flexibility index (Phi) is 5.32. The Hall–Kier alpha value is -1.65. The van der Waals surface area contributed by atoms with Crippen molar-refractivity contribution in [1.82, 2.24) is 5.32 Å². The molecule has 1 amide bonds. The van der Waals surface area contributed by atoms with Crippen molar-refractivity contribution in [2.75, 3.05) is 6.54 Å². The summed E-state index contributed by atoms with van der Waals surface area (Å²) in [5, 5.41) is 7.09. The van der Waals surface area contributed by atoms with E-state index in [1.807, 2.05) is 32.0 Å². The number of thiophene rings is 1. The standard InChI is InChI=1S/C16H20N2OS/c1-3-17-16(19)12(2)18-15(14-10-7-11-20-14)13-8-5-4-6-9-13/h4-12,15,18H,3H2,1-2H3,(H,17,19)/p+1/t12-,15+/m0/s1. The maximum Gasteiger partial charge on any atom is 0.277 e. The molecule has 1 aromatic carbocycles. The molecular formula is C16H21N2OS+. The van der Waals surface area contributed by atoms with Gasteiger partial charge in [0.25, 0.3) is 5.91 Å². The van der Waals surface area contributed by atoms with Crippen LogP contribution in [0.15, 0.2) is 47.8 Å². The maximum absolute atomic E-state index is 11.9. The summed E-state index contributed by atoms with van der Waals surface area (Å²) in [5.74, 6) is 0.0880. The molecular weight excluding hydrogens is 268 g/mol. The normalized spacial score (nSPS) is 13.7. The molecule has 0 unspecified atom stereocenters. The molecule has 3 nitrogen and oxygen atoms in total. The molecule has 0 spiro atoms. The van der Waals surface area contributed by atoms with Crippen LogP contribution in [0, 0.1) is 0 Å². The van der Waals surface area contributed by atoms with E-state index in [4.69, 9.17) is 0 Å². The summed E-state index contributed by atoms with van der Waals surface area (Å²) >= 11 is 1.73. The van der Waals surface area contributed by atoms with Gasteiger partial charge in [0.2, 0.25) is 0 Å². The minimum atomic E-state index is -0.109. The molecule has 0 aliphatic rings. The predicted octanol–water partition coefficient (Wildman–Crippen LogP) is 1.93. The lowest BCUT2D eigenvalue weighted by Crippen LogP contribution is -2.92. The van der Waals surface area contributed by atoms with Crippen LogP contribution in [-0.2, 0) is 4.79 Å². The quantitative estimate of drug-likeness (QED) is 0.838. The number of quaternary nitrogens is 1. The van der Waals surface area contributed by atoms with Crippen LogP contribution < -0.4 is 10.6 Å². The number of amides is 1. The molecule has 0 radical (unpaired) electrons. The van der Waals surface area contributed by atoms with Crippen molar-refractivity contribution in [2.24, 2.45) is 0 Å². The maximum atomic E-state index is 11.9. The third-order valence-electron chi connectivity index (χ3n) is 3.25. The van der Waals surface area contributed by atoms with Gasteiger partial charge in [-0.1, -0.05) is 36.4 Å². The van der Waals surface area contributed by atoms with E-state index in [9.17, 15) is 4.79 Å². The summed E-state index contributed by atoms with van der Waals surface area (Å²) in [6, 6.07) is 14.6. The molecule has 2 aromatic rings. The van der Waals surface area contributed by atoms with E-state index in [2.05, 4.69) is 40.3 Å². The van der Waals surface area contributed by atoms with Gasteiger partial charge < -0.3 is 10.6 Å². The van der Waals surface area contributed by atoms with Gasteiger partial charge in [0.15, 0.2) is 6.04 Å². The van der Waals surface area contributed by atoms with Gasteiger partial charge in [0, 0.05) is 12.1 Å². The lowest BCUT2D eigenvalue weighted by Gasteiger charge is -2.19. The lowest BCUT2D eigenvalue weighted by molar-refractivity contribution is -0.704. The van der Waals surface area contributed by atoms with Crippen LogP contribution in [0.2, 0.25) is 0 Å². The second kappa shape index (κ2) is 7.22. The predicted molar refractivity (Wildman–Crippen MR) is 82.7 cm³/mol. The smallest absolute Gasteiger partial charge is 0.277 e. The third kappa shape index (κ3) is 3.68. The SMILES string of the molecule is CCNC(=O)[C@H](C)[NH2+][C@H](c1ccccc1)c1cccs1. The van der Waals surface area contributed by atoms with Gasteiger partial charge in [-0.25, -0.2) is 0 Å². The molecule has 1 aromatic heterocycles. The van der Waals surface area contributed by atoms with E-state index in [1.54, 1.807) is 11.3 Å². The Balaban J connectivity index is 2.18. The number of nitrogens with two attached hydrogens (primary N) is 1. The number of hydrogen-bond donors (Lipinski definition) is 2. The first kappa shape index (κ1) is 14.8. The number of hydrogen-bond acceptors (Lipinski definition) is 2. The minimum absolute atomic E-state index is 0.0880. The fraction of sp³-hybridized carbons (Fsp3) is 0.312. The van der Waals surface area contributed by atoms with Gasteiger partial charge >= 0.3 is 0 Å². The summed E-state index contributed by atoms with van der Waals surface area (Å²) in [5.41, 5.74) is 1.23.